The van der Waals surface area contributed by atoms with Gasteiger partial charge in [-0.1, -0.05) is 12.1 Å². The van der Waals surface area contributed by atoms with Crippen molar-refractivity contribution in [3.63, 3.8) is 0 Å². The van der Waals surface area contributed by atoms with Crippen LogP contribution in [0.2, 0.25) is 0 Å². The van der Waals surface area contributed by atoms with Crippen LogP contribution in [0.3, 0.4) is 0 Å². The van der Waals surface area contributed by atoms with Gasteiger partial charge in [-0.2, -0.15) is 13.2 Å². The highest BCUT2D eigenvalue weighted by Gasteiger charge is 2.33. The van der Waals surface area contributed by atoms with Crippen LogP contribution in [0.25, 0.3) is 11.1 Å². The summed E-state index contributed by atoms with van der Waals surface area (Å²) in [5, 5.41) is 2.60. The van der Waals surface area contributed by atoms with Crippen LogP contribution in [0.4, 0.5) is 23.2 Å². The van der Waals surface area contributed by atoms with Crippen molar-refractivity contribution in [3.05, 3.63) is 77.6 Å². The molecular formula is C19H13F4N3O. The first kappa shape index (κ1) is 18.5. The second-order valence-electron chi connectivity index (χ2n) is 5.71. The zero-order chi connectivity index (χ0) is 19.6. The summed E-state index contributed by atoms with van der Waals surface area (Å²) >= 11 is 0. The minimum atomic E-state index is -4.59. The number of pyridine rings is 2. The van der Waals surface area contributed by atoms with E-state index in [1.807, 2.05) is 0 Å². The Morgan fingerprint density at radius 1 is 1.11 bits per heavy atom. The van der Waals surface area contributed by atoms with Gasteiger partial charge in [0.1, 0.15) is 11.5 Å². The van der Waals surface area contributed by atoms with E-state index in [4.69, 9.17) is 0 Å². The summed E-state index contributed by atoms with van der Waals surface area (Å²) in [6, 6.07) is 9.20. The number of nitrogens with zero attached hydrogens (tertiary/aromatic N) is 2. The van der Waals surface area contributed by atoms with Crippen molar-refractivity contribution in [3.8, 4) is 11.1 Å². The molecule has 27 heavy (non-hydrogen) atoms. The zero-order valence-corrected chi connectivity index (χ0v) is 14.0. The van der Waals surface area contributed by atoms with Crippen LogP contribution in [-0.4, -0.2) is 15.9 Å². The summed E-state index contributed by atoms with van der Waals surface area (Å²) < 4.78 is 51.7. The lowest BCUT2D eigenvalue weighted by Crippen LogP contribution is -2.17. The van der Waals surface area contributed by atoms with Gasteiger partial charge in [-0.25, -0.2) is 9.37 Å². The van der Waals surface area contributed by atoms with Crippen LogP contribution in [0, 0.1) is 12.7 Å². The van der Waals surface area contributed by atoms with Crippen LogP contribution in [0.15, 0.2) is 54.9 Å². The van der Waals surface area contributed by atoms with Gasteiger partial charge < -0.3 is 5.32 Å². The molecule has 0 bridgehead atoms. The summed E-state index contributed by atoms with van der Waals surface area (Å²) in [5.74, 6) is -1.08. The Bertz CT molecular complexity index is 1000. The molecule has 0 unspecified atom stereocenters. The highest BCUT2D eigenvalue weighted by molar-refractivity contribution is 6.06. The third-order valence-corrected chi connectivity index (χ3v) is 3.83. The summed E-state index contributed by atoms with van der Waals surface area (Å²) in [6.45, 7) is 1.32. The Labute approximate surface area is 151 Å². The smallest absolute Gasteiger partial charge is 0.320 e. The normalized spacial score (nSPS) is 11.3. The summed E-state index contributed by atoms with van der Waals surface area (Å²) in [7, 11) is 0. The fourth-order valence-electron chi connectivity index (χ4n) is 2.55. The molecule has 3 rings (SSSR count). The summed E-state index contributed by atoms with van der Waals surface area (Å²) in [6.07, 6.45) is -1.72. The van der Waals surface area contributed by atoms with Crippen molar-refractivity contribution in [2.24, 2.45) is 0 Å². The number of anilines is 1. The first-order valence-corrected chi connectivity index (χ1v) is 7.82. The maximum Gasteiger partial charge on any atom is 0.433 e. The van der Waals surface area contributed by atoms with Gasteiger partial charge in [-0.3, -0.25) is 9.78 Å². The average molecular weight is 375 g/mol. The number of hydrogen-bond donors (Lipinski definition) is 1. The fraction of sp³-hybridized carbons (Fsp3) is 0.105. The summed E-state index contributed by atoms with van der Waals surface area (Å²) in [4.78, 5) is 19.9. The number of carbonyl (C=O) groups is 1. The molecule has 3 aromatic rings. The van der Waals surface area contributed by atoms with Gasteiger partial charge in [0.05, 0.1) is 23.1 Å². The van der Waals surface area contributed by atoms with Gasteiger partial charge in [-0.15, -0.1) is 0 Å². The highest BCUT2D eigenvalue weighted by atomic mass is 19.4. The standard InChI is InChI=1S/C19H13F4N3O/c1-11-14(5-6-17(25-11)19(21,22)23)18(27)26-16-10-24-8-7-15(16)12-3-2-4-13(20)9-12/h2-10H,1H3,(H,26,27). The van der Waals surface area contributed by atoms with Crippen LogP contribution in [0.5, 0.6) is 0 Å². The minimum absolute atomic E-state index is 0.00274. The van der Waals surface area contributed by atoms with Gasteiger partial charge in [0.25, 0.3) is 5.91 Å². The van der Waals surface area contributed by atoms with E-state index in [2.05, 4.69) is 15.3 Å². The molecule has 138 valence electrons. The van der Waals surface area contributed by atoms with Gasteiger partial charge in [0.2, 0.25) is 0 Å². The topological polar surface area (TPSA) is 54.9 Å². The van der Waals surface area contributed by atoms with E-state index in [0.717, 1.165) is 12.1 Å². The lowest BCUT2D eigenvalue weighted by atomic mass is 10.0. The quantitative estimate of drug-likeness (QED) is 0.665. The number of alkyl halides is 3. The largest absolute Gasteiger partial charge is 0.433 e. The monoisotopic (exact) mass is 375 g/mol. The maximum absolute atomic E-state index is 13.5. The predicted octanol–water partition coefficient (Wildman–Crippen LogP) is 4.86. The lowest BCUT2D eigenvalue weighted by Gasteiger charge is -2.13. The molecule has 1 N–H and O–H groups in total. The first-order valence-electron chi connectivity index (χ1n) is 7.82. The van der Waals surface area contributed by atoms with Crippen molar-refractivity contribution < 1.29 is 22.4 Å². The maximum atomic E-state index is 13.5. The van der Waals surface area contributed by atoms with E-state index in [1.165, 1.54) is 37.5 Å². The van der Waals surface area contributed by atoms with E-state index < -0.39 is 23.6 Å². The molecular weight excluding hydrogens is 362 g/mol. The molecule has 0 aliphatic carbocycles. The highest BCUT2D eigenvalue weighted by Crippen LogP contribution is 2.30. The predicted molar refractivity (Wildman–Crippen MR) is 91.6 cm³/mol. The lowest BCUT2D eigenvalue weighted by molar-refractivity contribution is -0.141. The van der Waals surface area contributed by atoms with Gasteiger partial charge >= 0.3 is 6.18 Å². The molecule has 0 radical (unpaired) electrons. The molecule has 0 aliphatic rings. The van der Waals surface area contributed by atoms with Crippen LogP contribution in [-0.2, 0) is 6.18 Å². The van der Waals surface area contributed by atoms with E-state index in [-0.39, 0.29) is 11.3 Å². The molecule has 0 saturated carbocycles. The van der Waals surface area contributed by atoms with Crippen molar-refractivity contribution in [1.29, 1.82) is 0 Å². The first-order chi connectivity index (χ1) is 12.8. The fourth-order valence-corrected chi connectivity index (χ4v) is 2.55. The number of hydrogen-bond acceptors (Lipinski definition) is 3. The Morgan fingerprint density at radius 2 is 1.89 bits per heavy atom. The minimum Gasteiger partial charge on any atom is -0.320 e. The molecule has 1 amide bonds. The zero-order valence-electron chi connectivity index (χ0n) is 14.0. The molecule has 0 aliphatic heterocycles. The Balaban J connectivity index is 1.92. The van der Waals surface area contributed by atoms with E-state index in [9.17, 15) is 22.4 Å². The molecule has 8 heteroatoms. The van der Waals surface area contributed by atoms with Crippen LogP contribution < -0.4 is 5.32 Å². The van der Waals surface area contributed by atoms with Crippen molar-refractivity contribution in [2.45, 2.75) is 13.1 Å². The number of amides is 1. The number of benzene rings is 1. The summed E-state index contributed by atoms with van der Waals surface area (Å²) in [5.41, 5.74) is 0.215. The van der Waals surface area contributed by atoms with Crippen LogP contribution >= 0.6 is 0 Å². The molecule has 2 heterocycles. The number of rotatable bonds is 3. The number of aryl methyl sites for hydroxylation is 1. The number of aromatic nitrogens is 2. The van der Waals surface area contributed by atoms with Gasteiger partial charge in [0, 0.05) is 11.8 Å². The van der Waals surface area contributed by atoms with Gasteiger partial charge in [0.15, 0.2) is 0 Å². The molecule has 0 atom stereocenters. The van der Waals surface area contributed by atoms with E-state index >= 15 is 0 Å². The Kier molecular flexibility index (Phi) is 4.89. The van der Waals surface area contributed by atoms with Crippen molar-refractivity contribution in [1.82, 2.24) is 9.97 Å². The number of carbonyl (C=O) groups excluding carboxylic acids is 1. The molecule has 4 nitrogen and oxygen atoms in total. The van der Waals surface area contributed by atoms with Gasteiger partial charge in [-0.05, 0) is 42.8 Å². The second-order valence-corrected chi connectivity index (χ2v) is 5.71. The second kappa shape index (κ2) is 7.14. The molecule has 0 saturated heterocycles. The molecule has 2 aromatic heterocycles. The molecule has 1 aromatic carbocycles. The Hall–Kier alpha value is -3.29. The van der Waals surface area contributed by atoms with E-state index in [0.29, 0.717) is 16.8 Å². The number of halogens is 4. The molecule has 0 fully saturated rings. The van der Waals surface area contributed by atoms with Crippen LogP contribution in [0.1, 0.15) is 21.7 Å². The molecule has 0 spiro atoms. The Morgan fingerprint density at radius 3 is 2.56 bits per heavy atom. The third kappa shape index (κ3) is 4.11. The van der Waals surface area contributed by atoms with E-state index in [1.54, 1.807) is 12.1 Å². The van der Waals surface area contributed by atoms with Crippen molar-refractivity contribution in [2.75, 3.05) is 5.32 Å². The number of nitrogens with one attached hydrogen (secondary N) is 1. The third-order valence-electron chi connectivity index (χ3n) is 3.83. The van der Waals surface area contributed by atoms with Crippen molar-refractivity contribution >= 4 is 11.6 Å². The SMILES string of the molecule is Cc1nc(C(F)(F)F)ccc1C(=O)Nc1cnccc1-c1cccc(F)c1. The average Bonchev–Trinajstić information content (AvgIpc) is 2.61.